The second-order valence-electron chi connectivity index (χ2n) is 7.46. The summed E-state index contributed by atoms with van der Waals surface area (Å²) in [7, 11) is 2.21. The van der Waals surface area contributed by atoms with Crippen molar-refractivity contribution < 1.29 is 4.79 Å². The van der Waals surface area contributed by atoms with E-state index in [0.29, 0.717) is 29.8 Å². The van der Waals surface area contributed by atoms with E-state index in [1.807, 2.05) is 29.2 Å². The molecule has 4 heterocycles. The van der Waals surface area contributed by atoms with Gasteiger partial charge in [0.05, 0.1) is 17.7 Å². The third-order valence-corrected chi connectivity index (χ3v) is 6.34. The summed E-state index contributed by atoms with van der Waals surface area (Å²) in [5, 5.41) is 0.871. The molecule has 0 radical (unpaired) electrons. The highest BCUT2D eigenvalue weighted by atomic mass is 16.2. The lowest BCUT2D eigenvalue weighted by Crippen LogP contribution is -2.49. The first-order valence-electron chi connectivity index (χ1n) is 8.80. The van der Waals surface area contributed by atoms with Crippen molar-refractivity contribution in [1.82, 2.24) is 14.8 Å². The van der Waals surface area contributed by atoms with E-state index in [1.54, 1.807) is 0 Å². The number of fused-ring (bicyclic) bond motifs is 5. The summed E-state index contributed by atoms with van der Waals surface area (Å²) in [5.41, 5.74) is 1.90. The molecule has 124 valence electrons. The number of hydrogen-bond donors (Lipinski definition) is 1. The lowest BCUT2D eigenvalue weighted by Gasteiger charge is -2.40. The Kier molecular flexibility index (Phi) is 2.92. The smallest absolute Gasteiger partial charge is 0.255 e. The minimum absolute atomic E-state index is 0.0428. The van der Waals surface area contributed by atoms with Gasteiger partial charge < -0.3 is 14.8 Å². The Hall–Kier alpha value is -2.14. The van der Waals surface area contributed by atoms with Crippen LogP contribution in [0.25, 0.3) is 10.9 Å². The van der Waals surface area contributed by atoms with Gasteiger partial charge in [-0.3, -0.25) is 9.59 Å². The Bertz CT molecular complexity index is 889. The van der Waals surface area contributed by atoms with Crippen LogP contribution < -0.4 is 5.56 Å². The van der Waals surface area contributed by atoms with Crippen LogP contribution in [0.2, 0.25) is 0 Å². The maximum Gasteiger partial charge on any atom is 0.255 e. The maximum atomic E-state index is 13.1. The van der Waals surface area contributed by atoms with Crippen LogP contribution in [0.1, 0.15) is 41.6 Å². The summed E-state index contributed by atoms with van der Waals surface area (Å²) < 4.78 is 0. The molecule has 2 fully saturated rings. The normalized spacial score (nSPS) is 29.5. The number of aromatic amines is 1. The van der Waals surface area contributed by atoms with Crippen LogP contribution in [0.3, 0.4) is 0 Å². The van der Waals surface area contributed by atoms with Crippen LogP contribution in [0, 0.1) is 0 Å². The van der Waals surface area contributed by atoms with E-state index >= 15 is 0 Å². The number of nitrogens with zero attached hydrogens (tertiary/aromatic N) is 2. The first-order valence-corrected chi connectivity index (χ1v) is 8.80. The molecular formula is C19H21N3O2. The lowest BCUT2D eigenvalue weighted by atomic mass is 9.96. The highest BCUT2D eigenvalue weighted by Crippen LogP contribution is 2.39. The van der Waals surface area contributed by atoms with Gasteiger partial charge in [-0.2, -0.15) is 0 Å². The Morgan fingerprint density at radius 2 is 1.75 bits per heavy atom. The van der Waals surface area contributed by atoms with Crippen molar-refractivity contribution in [3.63, 3.8) is 0 Å². The Morgan fingerprint density at radius 3 is 2.50 bits per heavy atom. The van der Waals surface area contributed by atoms with E-state index < -0.39 is 0 Å². The third-order valence-electron chi connectivity index (χ3n) is 6.34. The average molecular weight is 323 g/mol. The molecule has 2 bridgehead atoms. The summed E-state index contributed by atoms with van der Waals surface area (Å²) in [4.78, 5) is 33.0. The number of para-hydroxylation sites is 1. The quantitative estimate of drug-likeness (QED) is 0.874. The Balaban J connectivity index is 1.55. The molecule has 5 nitrogen and oxygen atoms in total. The van der Waals surface area contributed by atoms with Crippen LogP contribution >= 0.6 is 0 Å². The fourth-order valence-corrected chi connectivity index (χ4v) is 5.00. The molecule has 2 saturated heterocycles. The number of nitrogens with one attached hydrogen (secondary N) is 1. The third kappa shape index (κ3) is 1.85. The van der Waals surface area contributed by atoms with Gasteiger partial charge in [0.25, 0.3) is 11.5 Å². The largest absolute Gasteiger partial charge is 0.331 e. The molecule has 1 aromatic carbocycles. The second kappa shape index (κ2) is 4.93. The first kappa shape index (κ1) is 14.2. The monoisotopic (exact) mass is 323 g/mol. The van der Waals surface area contributed by atoms with Gasteiger partial charge in [-0.1, -0.05) is 18.2 Å². The number of aromatic nitrogens is 1. The van der Waals surface area contributed by atoms with Gasteiger partial charge >= 0.3 is 0 Å². The van der Waals surface area contributed by atoms with E-state index in [4.69, 9.17) is 0 Å². The van der Waals surface area contributed by atoms with Gasteiger partial charge in [-0.15, -0.1) is 0 Å². The minimum Gasteiger partial charge on any atom is -0.331 e. The van der Waals surface area contributed by atoms with E-state index in [1.165, 1.54) is 12.8 Å². The Labute approximate surface area is 140 Å². The number of pyridine rings is 1. The van der Waals surface area contributed by atoms with Gasteiger partial charge in [0.2, 0.25) is 0 Å². The molecule has 0 saturated carbocycles. The topological polar surface area (TPSA) is 56.4 Å². The molecule has 2 unspecified atom stereocenters. The van der Waals surface area contributed by atoms with Crippen molar-refractivity contribution >= 4 is 16.8 Å². The summed E-state index contributed by atoms with van der Waals surface area (Å²) >= 11 is 0. The molecule has 3 aliphatic heterocycles. The van der Waals surface area contributed by atoms with Crippen molar-refractivity contribution in [3.05, 3.63) is 45.7 Å². The van der Waals surface area contributed by atoms with Crippen LogP contribution in [-0.2, 0) is 6.54 Å². The predicted octanol–water partition coefficient (Wildman–Crippen LogP) is 2.11. The first-order chi connectivity index (χ1) is 11.6. The molecule has 5 heteroatoms. The number of H-pyrrole nitrogens is 1. The fraction of sp³-hybridized carbons (Fsp3) is 0.474. The zero-order chi connectivity index (χ0) is 16.4. The van der Waals surface area contributed by atoms with Crippen LogP contribution in [-0.4, -0.2) is 45.9 Å². The number of carbonyl (C=O) groups excluding carboxylic acids is 1. The molecule has 0 spiro atoms. The van der Waals surface area contributed by atoms with Crippen molar-refractivity contribution in [2.24, 2.45) is 0 Å². The van der Waals surface area contributed by atoms with E-state index in [-0.39, 0.29) is 17.5 Å². The van der Waals surface area contributed by atoms with Gasteiger partial charge in [0.1, 0.15) is 0 Å². The second-order valence-corrected chi connectivity index (χ2v) is 7.46. The van der Waals surface area contributed by atoms with Crippen molar-refractivity contribution in [2.45, 2.75) is 50.4 Å². The molecule has 2 aromatic rings. The average Bonchev–Trinajstić information content (AvgIpc) is 3.00. The molecule has 2 atom stereocenters. The van der Waals surface area contributed by atoms with Crippen molar-refractivity contribution in [2.75, 3.05) is 7.05 Å². The van der Waals surface area contributed by atoms with Gasteiger partial charge in [-0.05, 0) is 38.8 Å². The number of amides is 1. The van der Waals surface area contributed by atoms with E-state index in [9.17, 15) is 9.59 Å². The Morgan fingerprint density at radius 1 is 1.04 bits per heavy atom. The highest BCUT2D eigenvalue weighted by Gasteiger charge is 2.44. The van der Waals surface area contributed by atoms with Crippen molar-refractivity contribution in [1.29, 1.82) is 0 Å². The zero-order valence-electron chi connectivity index (χ0n) is 13.8. The number of carbonyl (C=O) groups is 1. The van der Waals surface area contributed by atoms with Crippen LogP contribution in [0.4, 0.5) is 0 Å². The molecule has 24 heavy (non-hydrogen) atoms. The van der Waals surface area contributed by atoms with E-state index in [0.717, 1.165) is 23.7 Å². The molecule has 5 rings (SSSR count). The highest BCUT2D eigenvalue weighted by molar-refractivity contribution is 6.09. The summed E-state index contributed by atoms with van der Waals surface area (Å²) in [6.45, 7) is 0.460. The molecule has 1 aromatic heterocycles. The summed E-state index contributed by atoms with van der Waals surface area (Å²) in [6.07, 6.45) is 4.53. The number of rotatable bonds is 1. The summed E-state index contributed by atoms with van der Waals surface area (Å²) in [6, 6.07) is 9.04. The molecule has 3 aliphatic rings. The molecular weight excluding hydrogens is 302 g/mol. The van der Waals surface area contributed by atoms with Crippen molar-refractivity contribution in [3.8, 4) is 0 Å². The van der Waals surface area contributed by atoms with Gasteiger partial charge in [0, 0.05) is 29.0 Å². The van der Waals surface area contributed by atoms with Gasteiger partial charge in [0.15, 0.2) is 0 Å². The number of benzene rings is 1. The van der Waals surface area contributed by atoms with Crippen LogP contribution in [0.15, 0.2) is 29.1 Å². The maximum absolute atomic E-state index is 13.1. The fourth-order valence-electron chi connectivity index (χ4n) is 5.00. The molecule has 1 amide bonds. The molecule has 1 N–H and O–H groups in total. The zero-order valence-corrected chi connectivity index (χ0v) is 13.8. The number of piperidine rings is 1. The minimum atomic E-state index is -0.115. The lowest BCUT2D eigenvalue weighted by molar-refractivity contribution is 0.0507. The molecule has 0 aliphatic carbocycles. The van der Waals surface area contributed by atoms with Gasteiger partial charge in [-0.25, -0.2) is 0 Å². The van der Waals surface area contributed by atoms with E-state index in [2.05, 4.69) is 16.9 Å². The SMILES string of the molecule is CN1C2CCC1CC(N1Cc3c(c4ccccc4[nH]c3=O)C1=O)C2. The number of hydrogen-bond acceptors (Lipinski definition) is 3. The standard InChI is InChI=1S/C19H21N3O2/c1-21-11-6-7-12(21)9-13(8-11)22-10-15-17(19(22)24)14-4-2-3-5-16(14)20-18(15)23/h2-5,11-13H,6-10H2,1H3,(H,20,23). The predicted molar refractivity (Wildman–Crippen MR) is 92.0 cm³/mol. The van der Waals surface area contributed by atoms with Crippen LogP contribution in [0.5, 0.6) is 0 Å². The summed E-state index contributed by atoms with van der Waals surface area (Å²) in [5.74, 6) is 0.0428.